The van der Waals surface area contributed by atoms with Crippen molar-refractivity contribution in [2.45, 2.75) is 44.6 Å². The molecule has 1 saturated heterocycles. The number of amides is 1. The maximum atomic E-state index is 12.4. The van der Waals surface area contributed by atoms with Crippen LogP contribution in [0.15, 0.2) is 18.2 Å². The molecule has 1 aromatic carbocycles. The number of hydrogen-bond acceptors (Lipinski definition) is 2. The van der Waals surface area contributed by atoms with E-state index >= 15 is 0 Å². The lowest BCUT2D eigenvalue weighted by Crippen LogP contribution is -2.40. The van der Waals surface area contributed by atoms with Gasteiger partial charge in [0.2, 0.25) is 0 Å². The Labute approximate surface area is 114 Å². The van der Waals surface area contributed by atoms with E-state index in [4.69, 9.17) is 0 Å². The molecule has 3 nitrogen and oxygen atoms in total. The molecule has 0 radical (unpaired) electrons. The Kier molecular flexibility index (Phi) is 3.56. The van der Waals surface area contributed by atoms with Crippen molar-refractivity contribution in [1.29, 1.82) is 0 Å². The third kappa shape index (κ3) is 2.66. The lowest BCUT2D eigenvalue weighted by Gasteiger charge is -2.30. The van der Waals surface area contributed by atoms with Crippen molar-refractivity contribution >= 4 is 5.91 Å². The van der Waals surface area contributed by atoms with Crippen LogP contribution in [0.5, 0.6) is 0 Å². The molecule has 19 heavy (non-hydrogen) atoms. The number of piperidine rings is 1. The van der Waals surface area contributed by atoms with E-state index in [1.807, 2.05) is 11.0 Å². The van der Waals surface area contributed by atoms with Crippen molar-refractivity contribution in [3.05, 3.63) is 34.9 Å². The van der Waals surface area contributed by atoms with Crippen LogP contribution < -0.4 is 0 Å². The number of rotatable bonds is 1. The highest BCUT2D eigenvalue weighted by Crippen LogP contribution is 2.23. The van der Waals surface area contributed by atoms with Crippen LogP contribution in [0.25, 0.3) is 0 Å². The van der Waals surface area contributed by atoms with E-state index in [0.29, 0.717) is 25.9 Å². The molecule has 1 fully saturated rings. The van der Waals surface area contributed by atoms with Gasteiger partial charge in [-0.3, -0.25) is 4.79 Å². The first-order valence-corrected chi connectivity index (χ1v) is 7.33. The van der Waals surface area contributed by atoms with E-state index in [-0.39, 0.29) is 12.0 Å². The summed E-state index contributed by atoms with van der Waals surface area (Å²) >= 11 is 0. The zero-order valence-electron chi connectivity index (χ0n) is 11.3. The van der Waals surface area contributed by atoms with Gasteiger partial charge in [0, 0.05) is 18.7 Å². The summed E-state index contributed by atoms with van der Waals surface area (Å²) < 4.78 is 0. The monoisotopic (exact) mass is 259 g/mol. The Bertz CT molecular complexity index is 476. The topological polar surface area (TPSA) is 40.5 Å². The highest BCUT2D eigenvalue weighted by molar-refractivity contribution is 5.94. The number of hydrogen-bond donors (Lipinski definition) is 1. The van der Waals surface area contributed by atoms with Gasteiger partial charge < -0.3 is 10.0 Å². The molecule has 1 aromatic rings. The standard InChI is InChI=1S/C16H21NO2/c18-15-7-9-17(10-8-15)16(19)14-6-5-12-3-1-2-4-13(12)11-14/h5-6,11,15,18H,1-4,7-10H2. The first-order chi connectivity index (χ1) is 9.24. The van der Waals surface area contributed by atoms with Crippen LogP contribution in [0.2, 0.25) is 0 Å². The van der Waals surface area contributed by atoms with E-state index in [1.165, 1.54) is 24.0 Å². The third-order valence-corrected chi connectivity index (χ3v) is 4.35. The average Bonchev–Trinajstić information content (AvgIpc) is 2.47. The van der Waals surface area contributed by atoms with Gasteiger partial charge in [0.15, 0.2) is 0 Å². The lowest BCUT2D eigenvalue weighted by molar-refractivity contribution is 0.0546. The second kappa shape index (κ2) is 5.33. The van der Waals surface area contributed by atoms with Gasteiger partial charge in [0.05, 0.1) is 6.10 Å². The largest absolute Gasteiger partial charge is 0.393 e. The molecule has 1 heterocycles. The van der Waals surface area contributed by atoms with Gasteiger partial charge in [-0.05, 0) is 61.8 Å². The number of nitrogens with zero attached hydrogens (tertiary/aromatic N) is 1. The number of carbonyl (C=O) groups excluding carboxylic acids is 1. The summed E-state index contributed by atoms with van der Waals surface area (Å²) in [5, 5.41) is 9.50. The first kappa shape index (κ1) is 12.7. The van der Waals surface area contributed by atoms with Crippen LogP contribution in [0.3, 0.4) is 0 Å². The number of aliphatic hydroxyl groups is 1. The maximum Gasteiger partial charge on any atom is 0.253 e. The molecular weight excluding hydrogens is 238 g/mol. The Morgan fingerprint density at radius 1 is 1.11 bits per heavy atom. The molecule has 3 rings (SSSR count). The molecule has 3 heteroatoms. The fourth-order valence-corrected chi connectivity index (χ4v) is 3.12. The van der Waals surface area contributed by atoms with Gasteiger partial charge in [-0.2, -0.15) is 0 Å². The lowest BCUT2D eigenvalue weighted by atomic mass is 9.90. The van der Waals surface area contributed by atoms with Crippen molar-refractivity contribution in [3.63, 3.8) is 0 Å². The van der Waals surface area contributed by atoms with Gasteiger partial charge in [-0.25, -0.2) is 0 Å². The number of likely N-dealkylation sites (tertiary alicyclic amines) is 1. The van der Waals surface area contributed by atoms with Crippen LogP contribution in [0, 0.1) is 0 Å². The molecule has 2 aliphatic rings. The fourth-order valence-electron chi connectivity index (χ4n) is 3.12. The molecule has 1 N–H and O–H groups in total. The number of carbonyl (C=O) groups is 1. The highest BCUT2D eigenvalue weighted by atomic mass is 16.3. The van der Waals surface area contributed by atoms with E-state index in [2.05, 4.69) is 12.1 Å². The third-order valence-electron chi connectivity index (χ3n) is 4.35. The summed E-state index contributed by atoms with van der Waals surface area (Å²) in [5.41, 5.74) is 3.59. The molecule has 0 unspecified atom stereocenters. The van der Waals surface area contributed by atoms with Gasteiger partial charge in [0.25, 0.3) is 5.91 Å². The van der Waals surface area contributed by atoms with E-state index in [0.717, 1.165) is 18.4 Å². The van der Waals surface area contributed by atoms with E-state index < -0.39 is 0 Å². The first-order valence-electron chi connectivity index (χ1n) is 7.33. The number of benzene rings is 1. The smallest absolute Gasteiger partial charge is 0.253 e. The summed E-state index contributed by atoms with van der Waals surface area (Å²) in [6.07, 6.45) is 5.94. The van der Waals surface area contributed by atoms with Crippen molar-refractivity contribution in [2.24, 2.45) is 0 Å². The Morgan fingerprint density at radius 2 is 1.79 bits per heavy atom. The second-order valence-corrected chi connectivity index (χ2v) is 5.71. The molecule has 102 valence electrons. The zero-order chi connectivity index (χ0) is 13.2. The molecule has 1 aliphatic heterocycles. The minimum absolute atomic E-state index is 0.125. The van der Waals surface area contributed by atoms with Gasteiger partial charge in [-0.1, -0.05) is 6.07 Å². The van der Waals surface area contributed by atoms with Crippen LogP contribution in [-0.4, -0.2) is 35.1 Å². The Hall–Kier alpha value is -1.35. The van der Waals surface area contributed by atoms with Crippen LogP contribution in [-0.2, 0) is 12.8 Å². The molecule has 0 saturated carbocycles. The van der Waals surface area contributed by atoms with Gasteiger partial charge in [0.1, 0.15) is 0 Å². The Morgan fingerprint density at radius 3 is 2.53 bits per heavy atom. The number of aryl methyl sites for hydroxylation is 2. The molecular formula is C16H21NO2. The predicted molar refractivity (Wildman–Crippen MR) is 74.2 cm³/mol. The highest BCUT2D eigenvalue weighted by Gasteiger charge is 2.23. The molecule has 1 amide bonds. The Balaban J connectivity index is 1.76. The van der Waals surface area contributed by atoms with Crippen molar-refractivity contribution in [2.75, 3.05) is 13.1 Å². The summed E-state index contributed by atoms with van der Waals surface area (Å²) in [4.78, 5) is 14.3. The summed E-state index contributed by atoms with van der Waals surface area (Å²) in [6.45, 7) is 1.36. The summed E-state index contributed by atoms with van der Waals surface area (Å²) in [5.74, 6) is 0.125. The van der Waals surface area contributed by atoms with Crippen molar-refractivity contribution in [1.82, 2.24) is 4.90 Å². The molecule has 0 bridgehead atoms. The molecule has 0 aromatic heterocycles. The predicted octanol–water partition coefficient (Wildman–Crippen LogP) is 2.16. The normalized spacial score (nSPS) is 20.2. The zero-order valence-corrected chi connectivity index (χ0v) is 11.3. The quantitative estimate of drug-likeness (QED) is 0.839. The molecule has 1 aliphatic carbocycles. The van der Waals surface area contributed by atoms with Crippen molar-refractivity contribution < 1.29 is 9.90 Å². The number of aliphatic hydroxyl groups excluding tert-OH is 1. The molecule has 0 atom stereocenters. The minimum atomic E-state index is -0.229. The second-order valence-electron chi connectivity index (χ2n) is 5.71. The van der Waals surface area contributed by atoms with Crippen LogP contribution in [0.4, 0.5) is 0 Å². The molecule has 0 spiro atoms. The fraction of sp³-hybridized carbons (Fsp3) is 0.562. The van der Waals surface area contributed by atoms with E-state index in [9.17, 15) is 9.90 Å². The maximum absolute atomic E-state index is 12.4. The van der Waals surface area contributed by atoms with Crippen LogP contribution in [0.1, 0.15) is 47.2 Å². The minimum Gasteiger partial charge on any atom is -0.393 e. The van der Waals surface area contributed by atoms with Gasteiger partial charge in [-0.15, -0.1) is 0 Å². The van der Waals surface area contributed by atoms with Crippen molar-refractivity contribution in [3.8, 4) is 0 Å². The average molecular weight is 259 g/mol. The van der Waals surface area contributed by atoms with Gasteiger partial charge >= 0.3 is 0 Å². The van der Waals surface area contributed by atoms with Crippen LogP contribution >= 0.6 is 0 Å². The van der Waals surface area contributed by atoms with E-state index in [1.54, 1.807) is 0 Å². The number of fused-ring (bicyclic) bond motifs is 1. The SMILES string of the molecule is O=C(c1ccc2c(c1)CCCC2)N1CCC(O)CC1. The summed E-state index contributed by atoms with van der Waals surface area (Å²) in [6, 6.07) is 6.18. The summed E-state index contributed by atoms with van der Waals surface area (Å²) in [7, 11) is 0.